The summed E-state index contributed by atoms with van der Waals surface area (Å²) < 4.78 is 27.2. The number of carbonyl (C=O) groups excluding carboxylic acids is 2. The molecule has 7 nitrogen and oxygen atoms in total. The van der Waals surface area contributed by atoms with Gasteiger partial charge in [-0.25, -0.2) is 13.9 Å². The molecule has 142 valence electrons. The molecule has 1 aliphatic carbocycles. The van der Waals surface area contributed by atoms with E-state index in [0.717, 1.165) is 0 Å². The van der Waals surface area contributed by atoms with Gasteiger partial charge in [-0.3, -0.25) is 14.4 Å². The van der Waals surface area contributed by atoms with E-state index in [1.165, 1.54) is 17.2 Å². The Morgan fingerprint density at radius 3 is 2.78 bits per heavy atom. The van der Waals surface area contributed by atoms with E-state index in [2.05, 4.69) is 15.5 Å². The fourth-order valence-corrected chi connectivity index (χ4v) is 3.37. The van der Waals surface area contributed by atoms with Gasteiger partial charge in [-0.1, -0.05) is 6.07 Å². The molecule has 1 saturated heterocycles. The van der Waals surface area contributed by atoms with Gasteiger partial charge in [0.1, 0.15) is 12.3 Å². The highest BCUT2D eigenvalue weighted by atomic mass is 19.1. The molecule has 0 unspecified atom stereocenters. The summed E-state index contributed by atoms with van der Waals surface area (Å²) >= 11 is 0. The van der Waals surface area contributed by atoms with Crippen LogP contribution in [-0.2, 0) is 4.79 Å². The number of hydrogen-bond acceptors (Lipinski definition) is 4. The number of aromatic nitrogens is 2. The lowest BCUT2D eigenvalue weighted by molar-refractivity contribution is -0.124. The first-order valence-corrected chi connectivity index (χ1v) is 8.79. The smallest absolute Gasteiger partial charge is 0.272 e. The Morgan fingerprint density at radius 2 is 2.04 bits per heavy atom. The summed E-state index contributed by atoms with van der Waals surface area (Å²) in [7, 11) is 0. The highest BCUT2D eigenvalue weighted by Gasteiger charge is 2.45. The fourth-order valence-electron chi connectivity index (χ4n) is 3.37. The van der Waals surface area contributed by atoms with Crippen molar-refractivity contribution in [3.63, 3.8) is 0 Å². The molecule has 27 heavy (non-hydrogen) atoms. The summed E-state index contributed by atoms with van der Waals surface area (Å²) in [5, 5.41) is 9.49. The molecule has 0 radical (unpaired) electrons. The van der Waals surface area contributed by atoms with Crippen molar-refractivity contribution in [2.24, 2.45) is 5.92 Å². The predicted molar refractivity (Wildman–Crippen MR) is 92.7 cm³/mol. The number of fused-ring (bicyclic) bond motifs is 1. The van der Waals surface area contributed by atoms with Crippen LogP contribution in [0.2, 0.25) is 0 Å². The first-order chi connectivity index (χ1) is 12.9. The Balaban J connectivity index is 1.50. The van der Waals surface area contributed by atoms with Gasteiger partial charge < -0.3 is 10.2 Å². The molecular weight excluding hydrogens is 358 g/mol. The molecule has 2 N–H and O–H groups in total. The maximum atomic E-state index is 14.2. The van der Waals surface area contributed by atoms with E-state index in [1.54, 1.807) is 12.1 Å². The molecule has 2 aromatic rings. The van der Waals surface area contributed by atoms with Gasteiger partial charge in [-0.15, -0.1) is 0 Å². The molecule has 1 aromatic carbocycles. The lowest BCUT2D eigenvalue weighted by Gasteiger charge is -2.35. The van der Waals surface area contributed by atoms with Crippen molar-refractivity contribution >= 4 is 22.6 Å². The van der Waals surface area contributed by atoms with Crippen LogP contribution in [0.1, 0.15) is 23.2 Å². The topological polar surface area (TPSA) is 95.2 Å². The second-order valence-corrected chi connectivity index (χ2v) is 7.03. The largest absolute Gasteiger partial charge is 0.348 e. The third-order valence-corrected chi connectivity index (χ3v) is 5.11. The summed E-state index contributed by atoms with van der Waals surface area (Å²) in [5.74, 6) is -1.56. The second kappa shape index (κ2) is 6.71. The Labute approximate surface area is 152 Å². The maximum absolute atomic E-state index is 14.2. The van der Waals surface area contributed by atoms with E-state index >= 15 is 0 Å². The SMILES string of the molecule is O=C(N[C@@H]1CN(C(=O)c2ccc3cn[nH]c(=O)c3c2)CC[C@H]1F)[C@H]1C[C@H]1F. The van der Waals surface area contributed by atoms with E-state index in [9.17, 15) is 23.2 Å². The van der Waals surface area contributed by atoms with Gasteiger partial charge in [0.25, 0.3) is 11.5 Å². The lowest BCUT2D eigenvalue weighted by atomic mass is 10.0. The normalized spacial score (nSPS) is 27.4. The zero-order valence-corrected chi connectivity index (χ0v) is 14.3. The second-order valence-electron chi connectivity index (χ2n) is 7.03. The molecule has 2 aliphatic rings. The number of nitrogens with one attached hydrogen (secondary N) is 2. The van der Waals surface area contributed by atoms with Crippen LogP contribution in [-0.4, -0.2) is 58.4 Å². The van der Waals surface area contributed by atoms with Gasteiger partial charge in [0, 0.05) is 24.0 Å². The van der Waals surface area contributed by atoms with Crippen molar-refractivity contribution in [1.82, 2.24) is 20.4 Å². The quantitative estimate of drug-likeness (QED) is 0.834. The van der Waals surface area contributed by atoms with E-state index in [0.29, 0.717) is 16.3 Å². The highest BCUT2D eigenvalue weighted by molar-refractivity contribution is 5.98. The monoisotopic (exact) mass is 376 g/mol. The number of amides is 2. The molecule has 2 amide bonds. The molecule has 1 aromatic heterocycles. The first kappa shape index (κ1) is 17.6. The number of carbonyl (C=O) groups is 2. The van der Waals surface area contributed by atoms with E-state index < -0.39 is 35.8 Å². The molecular formula is C18H18F2N4O3. The van der Waals surface area contributed by atoms with Crippen LogP contribution in [0.25, 0.3) is 10.8 Å². The number of hydrogen-bond donors (Lipinski definition) is 2. The van der Waals surface area contributed by atoms with Gasteiger partial charge in [-0.2, -0.15) is 5.10 Å². The predicted octanol–water partition coefficient (Wildman–Crippen LogP) is 0.950. The molecule has 2 heterocycles. The van der Waals surface area contributed by atoms with E-state index in [4.69, 9.17) is 0 Å². The van der Waals surface area contributed by atoms with Crippen LogP contribution in [0.4, 0.5) is 8.78 Å². The van der Waals surface area contributed by atoms with Crippen LogP contribution in [0.5, 0.6) is 0 Å². The number of aromatic amines is 1. The number of halogens is 2. The van der Waals surface area contributed by atoms with Crippen LogP contribution >= 0.6 is 0 Å². The molecule has 4 rings (SSSR count). The molecule has 1 saturated carbocycles. The summed E-state index contributed by atoms with van der Waals surface area (Å²) in [6, 6.07) is 3.82. The average Bonchev–Trinajstić information content (AvgIpc) is 3.40. The number of piperidine rings is 1. The Bertz CT molecular complexity index is 963. The molecule has 0 spiro atoms. The number of benzene rings is 1. The van der Waals surface area contributed by atoms with Crippen LogP contribution in [0, 0.1) is 5.92 Å². The summed E-state index contributed by atoms with van der Waals surface area (Å²) in [5.41, 5.74) is -0.104. The van der Waals surface area contributed by atoms with E-state index in [-0.39, 0.29) is 31.8 Å². The summed E-state index contributed by atoms with van der Waals surface area (Å²) in [6.45, 7) is 0.201. The Morgan fingerprint density at radius 1 is 1.26 bits per heavy atom. The van der Waals surface area contributed by atoms with Gasteiger partial charge in [0.05, 0.1) is 23.5 Å². The minimum Gasteiger partial charge on any atom is -0.348 e. The average molecular weight is 376 g/mol. The van der Waals surface area contributed by atoms with Gasteiger partial charge in [0.15, 0.2) is 0 Å². The molecule has 2 fully saturated rings. The lowest BCUT2D eigenvalue weighted by Crippen LogP contribution is -2.55. The van der Waals surface area contributed by atoms with Crippen molar-refractivity contribution in [3.8, 4) is 0 Å². The number of nitrogens with zero attached hydrogens (tertiary/aromatic N) is 2. The van der Waals surface area contributed by atoms with Gasteiger partial charge in [-0.05, 0) is 25.0 Å². The Hall–Kier alpha value is -2.84. The molecule has 0 bridgehead atoms. The Kier molecular flexibility index (Phi) is 4.37. The summed E-state index contributed by atoms with van der Waals surface area (Å²) in [6.07, 6.45) is -0.715. The minimum absolute atomic E-state index is 0.000151. The minimum atomic E-state index is -1.29. The van der Waals surface area contributed by atoms with Crippen LogP contribution in [0.15, 0.2) is 29.2 Å². The van der Waals surface area contributed by atoms with Gasteiger partial charge >= 0.3 is 0 Å². The summed E-state index contributed by atoms with van der Waals surface area (Å²) in [4.78, 5) is 38.0. The van der Waals surface area contributed by atoms with Crippen molar-refractivity contribution < 1.29 is 18.4 Å². The van der Waals surface area contributed by atoms with Crippen molar-refractivity contribution in [2.75, 3.05) is 13.1 Å². The zero-order valence-electron chi connectivity index (χ0n) is 14.3. The van der Waals surface area contributed by atoms with Gasteiger partial charge in [0.2, 0.25) is 5.91 Å². The number of rotatable bonds is 3. The number of alkyl halides is 2. The van der Waals surface area contributed by atoms with Crippen LogP contribution < -0.4 is 10.9 Å². The van der Waals surface area contributed by atoms with E-state index in [1.807, 2.05) is 0 Å². The third kappa shape index (κ3) is 3.41. The van der Waals surface area contributed by atoms with Crippen LogP contribution in [0.3, 0.4) is 0 Å². The standard InChI is InChI=1S/C18H18F2N4O3/c19-13-3-4-24(8-15(13)22-16(25)12-6-14(12)20)18(27)9-1-2-10-7-21-23-17(26)11(10)5-9/h1-2,5,7,12-15H,3-4,6,8H2,(H,22,25)(H,23,26)/t12-,13+,14+,15+/m0/s1. The third-order valence-electron chi connectivity index (χ3n) is 5.11. The molecule has 4 atom stereocenters. The highest BCUT2D eigenvalue weighted by Crippen LogP contribution is 2.34. The molecule has 9 heteroatoms. The zero-order chi connectivity index (χ0) is 19.1. The fraction of sp³-hybridized carbons (Fsp3) is 0.444. The van der Waals surface area contributed by atoms with Crippen molar-refractivity contribution in [2.45, 2.75) is 31.2 Å². The van der Waals surface area contributed by atoms with Crippen molar-refractivity contribution in [3.05, 3.63) is 40.3 Å². The molecule has 1 aliphatic heterocycles. The first-order valence-electron chi connectivity index (χ1n) is 8.79. The van der Waals surface area contributed by atoms with Crippen molar-refractivity contribution in [1.29, 1.82) is 0 Å². The number of H-pyrrole nitrogens is 1. The maximum Gasteiger partial charge on any atom is 0.272 e. The number of likely N-dealkylation sites (tertiary alicyclic amines) is 1.